The third-order valence-electron chi connectivity index (χ3n) is 3.12. The fourth-order valence-electron chi connectivity index (χ4n) is 1.99. The van der Waals surface area contributed by atoms with E-state index < -0.39 is 10.0 Å². The summed E-state index contributed by atoms with van der Waals surface area (Å²) < 4.78 is 27.8. The molecule has 1 unspecified atom stereocenters. The summed E-state index contributed by atoms with van der Waals surface area (Å²) in [5.41, 5.74) is 0. The van der Waals surface area contributed by atoms with E-state index in [1.807, 2.05) is 20.1 Å². The van der Waals surface area contributed by atoms with E-state index in [0.717, 1.165) is 41.4 Å². The second kappa shape index (κ2) is 9.15. The van der Waals surface area contributed by atoms with E-state index in [2.05, 4.69) is 17.0 Å². The first-order chi connectivity index (χ1) is 9.94. The highest BCUT2D eigenvalue weighted by molar-refractivity contribution is 7.98. The number of hydrogen-bond acceptors (Lipinski definition) is 5. The van der Waals surface area contributed by atoms with Crippen LogP contribution < -0.4 is 10.0 Å². The molecule has 1 aromatic rings. The number of rotatable bonds is 10. The fraction of sp³-hybridized carbons (Fsp3) is 0.714. The maximum atomic E-state index is 12.5. The van der Waals surface area contributed by atoms with Gasteiger partial charge in [0, 0.05) is 28.1 Å². The Morgan fingerprint density at radius 3 is 2.67 bits per heavy atom. The van der Waals surface area contributed by atoms with E-state index in [9.17, 15) is 8.42 Å². The van der Waals surface area contributed by atoms with E-state index in [1.54, 1.807) is 29.2 Å². The van der Waals surface area contributed by atoms with Crippen LogP contribution in [0.3, 0.4) is 0 Å². The van der Waals surface area contributed by atoms with Gasteiger partial charge in [0.05, 0.1) is 4.90 Å². The van der Waals surface area contributed by atoms with Gasteiger partial charge in [0.25, 0.3) is 0 Å². The predicted octanol–water partition coefficient (Wildman–Crippen LogP) is 2.98. The van der Waals surface area contributed by atoms with Gasteiger partial charge in [0.1, 0.15) is 0 Å². The molecule has 1 rings (SSSR count). The third kappa shape index (κ3) is 5.90. The van der Waals surface area contributed by atoms with E-state index in [1.165, 1.54) is 0 Å². The molecule has 0 aliphatic carbocycles. The van der Waals surface area contributed by atoms with Crippen LogP contribution in [0.15, 0.2) is 11.0 Å². The Hall–Kier alpha value is -0.0800. The summed E-state index contributed by atoms with van der Waals surface area (Å²) in [6, 6.07) is 1.79. The van der Waals surface area contributed by atoms with Gasteiger partial charge in [0.15, 0.2) is 0 Å². The first-order valence-electron chi connectivity index (χ1n) is 7.25. The summed E-state index contributed by atoms with van der Waals surface area (Å²) in [5, 5.41) is 3.31. The molecule has 0 aliphatic heterocycles. The summed E-state index contributed by atoms with van der Waals surface area (Å²) in [4.78, 5) is 2.36. The normalized spacial score (nSPS) is 13.5. The largest absolute Gasteiger partial charge is 0.312 e. The van der Waals surface area contributed by atoms with Crippen LogP contribution in [0.4, 0.5) is 0 Å². The molecule has 0 bridgehead atoms. The van der Waals surface area contributed by atoms with E-state index in [-0.39, 0.29) is 6.04 Å². The molecule has 122 valence electrons. The Kier molecular flexibility index (Phi) is 8.26. The highest BCUT2D eigenvalue weighted by Crippen LogP contribution is 2.26. The minimum Gasteiger partial charge on any atom is -0.312 e. The smallest absolute Gasteiger partial charge is 0.241 e. The van der Waals surface area contributed by atoms with Gasteiger partial charge in [-0.25, -0.2) is 13.1 Å². The fourth-order valence-corrected chi connectivity index (χ4v) is 5.74. The molecular formula is C14H26N2O2S3. The molecule has 0 fully saturated rings. The van der Waals surface area contributed by atoms with Gasteiger partial charge in [-0.3, -0.25) is 0 Å². The lowest BCUT2D eigenvalue weighted by molar-refractivity contribution is 0.558. The molecule has 0 amide bonds. The van der Waals surface area contributed by atoms with E-state index >= 15 is 0 Å². The van der Waals surface area contributed by atoms with Crippen LogP contribution in [0.25, 0.3) is 0 Å². The van der Waals surface area contributed by atoms with Gasteiger partial charge in [0.2, 0.25) is 10.0 Å². The van der Waals surface area contributed by atoms with Crippen LogP contribution in [0, 0.1) is 6.92 Å². The molecule has 0 aromatic carbocycles. The van der Waals surface area contributed by atoms with Gasteiger partial charge in [-0.15, -0.1) is 11.3 Å². The lowest BCUT2D eigenvalue weighted by Gasteiger charge is -2.15. The van der Waals surface area contributed by atoms with Gasteiger partial charge >= 0.3 is 0 Å². The van der Waals surface area contributed by atoms with Crippen LogP contribution in [0.2, 0.25) is 0 Å². The Balaban J connectivity index is 2.82. The summed E-state index contributed by atoms with van der Waals surface area (Å²) in [5.74, 6) is 0.795. The number of sulfonamides is 1. The van der Waals surface area contributed by atoms with Gasteiger partial charge < -0.3 is 5.32 Å². The topological polar surface area (TPSA) is 58.2 Å². The molecular weight excluding hydrogens is 324 g/mol. The lowest BCUT2D eigenvalue weighted by Crippen LogP contribution is -2.36. The van der Waals surface area contributed by atoms with Gasteiger partial charge in [-0.05, 0) is 38.6 Å². The van der Waals surface area contributed by atoms with Crippen LogP contribution in [-0.4, -0.2) is 33.0 Å². The average Bonchev–Trinajstić information content (AvgIpc) is 2.80. The van der Waals surface area contributed by atoms with Crippen molar-refractivity contribution in [3.63, 3.8) is 0 Å². The Labute approximate surface area is 137 Å². The van der Waals surface area contributed by atoms with Crippen molar-refractivity contribution in [1.82, 2.24) is 10.0 Å². The molecule has 1 atom stereocenters. The van der Waals surface area contributed by atoms with Crippen molar-refractivity contribution in [2.24, 2.45) is 0 Å². The Morgan fingerprint density at radius 2 is 2.10 bits per heavy atom. The van der Waals surface area contributed by atoms with Gasteiger partial charge in [-0.1, -0.05) is 13.8 Å². The Bertz CT molecular complexity index is 526. The minimum atomic E-state index is -3.41. The van der Waals surface area contributed by atoms with Crippen molar-refractivity contribution in [1.29, 1.82) is 0 Å². The maximum Gasteiger partial charge on any atom is 0.241 e. The first-order valence-corrected chi connectivity index (χ1v) is 10.9. The van der Waals surface area contributed by atoms with Crippen LogP contribution in [0.1, 0.15) is 36.4 Å². The van der Waals surface area contributed by atoms with Crippen LogP contribution in [0.5, 0.6) is 0 Å². The SMILES string of the molecule is CCCNCc1cc(S(=O)(=O)NC(CC)CSC)c(C)s1. The highest BCUT2D eigenvalue weighted by atomic mass is 32.2. The van der Waals surface area contributed by atoms with Gasteiger partial charge in [-0.2, -0.15) is 11.8 Å². The molecule has 7 heteroatoms. The van der Waals surface area contributed by atoms with Crippen molar-refractivity contribution in [2.75, 3.05) is 18.6 Å². The maximum absolute atomic E-state index is 12.5. The molecule has 0 radical (unpaired) electrons. The highest BCUT2D eigenvalue weighted by Gasteiger charge is 2.22. The first kappa shape index (κ1) is 19.0. The molecule has 2 N–H and O–H groups in total. The van der Waals surface area contributed by atoms with Crippen molar-refractivity contribution in [2.45, 2.75) is 51.1 Å². The molecule has 0 aliphatic rings. The molecule has 0 saturated carbocycles. The number of nitrogens with one attached hydrogen (secondary N) is 2. The monoisotopic (exact) mass is 350 g/mol. The molecule has 0 spiro atoms. The number of aryl methyl sites for hydroxylation is 1. The molecule has 21 heavy (non-hydrogen) atoms. The minimum absolute atomic E-state index is 0.00836. The average molecular weight is 351 g/mol. The number of thiophene rings is 1. The zero-order valence-electron chi connectivity index (χ0n) is 13.2. The molecule has 4 nitrogen and oxygen atoms in total. The predicted molar refractivity (Wildman–Crippen MR) is 93.8 cm³/mol. The molecule has 0 saturated heterocycles. The Morgan fingerprint density at radius 1 is 1.38 bits per heavy atom. The number of hydrogen-bond donors (Lipinski definition) is 2. The van der Waals surface area contributed by atoms with Crippen molar-refractivity contribution < 1.29 is 8.42 Å². The summed E-state index contributed by atoms with van der Waals surface area (Å²) in [6.07, 6.45) is 3.86. The van der Waals surface area contributed by atoms with Crippen LogP contribution >= 0.6 is 23.1 Å². The van der Waals surface area contributed by atoms with E-state index in [0.29, 0.717) is 4.90 Å². The zero-order valence-corrected chi connectivity index (χ0v) is 15.7. The summed E-state index contributed by atoms with van der Waals surface area (Å²) >= 11 is 3.21. The van der Waals surface area contributed by atoms with Crippen molar-refractivity contribution in [3.8, 4) is 0 Å². The van der Waals surface area contributed by atoms with E-state index in [4.69, 9.17) is 0 Å². The second-order valence-electron chi connectivity index (χ2n) is 4.99. The zero-order chi connectivity index (χ0) is 15.9. The molecule has 1 aromatic heterocycles. The summed E-state index contributed by atoms with van der Waals surface area (Å²) in [6.45, 7) is 7.67. The third-order valence-corrected chi connectivity index (χ3v) is 6.68. The lowest BCUT2D eigenvalue weighted by atomic mass is 10.3. The second-order valence-corrected chi connectivity index (χ2v) is 8.93. The van der Waals surface area contributed by atoms with Crippen molar-refractivity contribution >= 4 is 33.1 Å². The summed E-state index contributed by atoms with van der Waals surface area (Å²) in [7, 11) is -3.41. The number of thioether (sulfide) groups is 1. The standard InChI is InChI=1S/C14H26N2O2S3/c1-5-7-15-9-13-8-14(11(3)20-13)21(17,18)16-12(6-2)10-19-4/h8,12,15-16H,5-7,9-10H2,1-4H3. The molecule has 1 heterocycles. The quantitative estimate of drug-likeness (QED) is 0.637. The van der Waals surface area contributed by atoms with Crippen LogP contribution in [-0.2, 0) is 16.6 Å². The van der Waals surface area contributed by atoms with Crippen molar-refractivity contribution in [3.05, 3.63) is 15.8 Å².